The zero-order valence-corrected chi connectivity index (χ0v) is 16.3. The Morgan fingerprint density at radius 1 is 1.28 bits per heavy atom. The summed E-state index contributed by atoms with van der Waals surface area (Å²) in [6.07, 6.45) is -0.000903. The molecule has 0 aliphatic carbocycles. The Hall–Kier alpha value is -2.21. The number of hydrogen-bond donors (Lipinski definition) is 2. The van der Waals surface area contributed by atoms with Crippen molar-refractivity contribution < 1.29 is 19.4 Å². The van der Waals surface area contributed by atoms with Crippen LogP contribution in [0.1, 0.15) is 35.3 Å². The Balaban J connectivity index is 2.35. The predicted molar refractivity (Wildman–Crippen MR) is 102 cm³/mol. The first kappa shape index (κ1) is 19.1. The summed E-state index contributed by atoms with van der Waals surface area (Å²) in [6, 6.07) is 8.94. The Morgan fingerprint density at radius 2 is 2.00 bits per heavy atom. The van der Waals surface area contributed by atoms with E-state index in [0.717, 1.165) is 15.7 Å². The van der Waals surface area contributed by atoms with Crippen LogP contribution in [0.25, 0.3) is 0 Å². The molecule has 0 aliphatic rings. The van der Waals surface area contributed by atoms with Crippen LogP contribution in [0.4, 0.5) is 5.69 Å². The number of hydrogen-bond acceptors (Lipinski definition) is 4. The number of aromatic carboxylic acids is 1. The lowest BCUT2D eigenvalue weighted by Gasteiger charge is -2.20. The van der Waals surface area contributed by atoms with Crippen LogP contribution in [0, 0.1) is 6.92 Å². The van der Waals surface area contributed by atoms with Gasteiger partial charge in [-0.2, -0.15) is 0 Å². The van der Waals surface area contributed by atoms with E-state index in [-0.39, 0.29) is 11.7 Å². The number of methoxy groups -OCH3 is 1. The number of carboxylic acid groups (broad SMARTS) is 1. The van der Waals surface area contributed by atoms with Gasteiger partial charge in [0.25, 0.3) is 0 Å². The number of nitrogens with one attached hydrogen (secondary N) is 1. The fourth-order valence-electron chi connectivity index (χ4n) is 2.52. The fourth-order valence-corrected chi connectivity index (χ4v) is 2.97. The summed E-state index contributed by atoms with van der Waals surface area (Å²) in [5.41, 5.74) is 2.66. The lowest BCUT2D eigenvalue weighted by Crippen LogP contribution is -2.12. The van der Waals surface area contributed by atoms with Crippen LogP contribution in [-0.4, -0.2) is 24.3 Å². The molecule has 0 aliphatic heterocycles. The quantitative estimate of drug-likeness (QED) is 0.685. The number of carboxylic acids is 1. The zero-order valence-electron chi connectivity index (χ0n) is 14.7. The minimum absolute atomic E-state index is 0.000903. The van der Waals surface area contributed by atoms with Crippen molar-refractivity contribution in [2.75, 3.05) is 12.4 Å². The van der Waals surface area contributed by atoms with Crippen molar-refractivity contribution in [3.05, 3.63) is 51.5 Å². The lowest BCUT2D eigenvalue weighted by atomic mass is 10.1. The normalized spacial score (nSPS) is 10.6. The van der Waals surface area contributed by atoms with Gasteiger partial charge in [-0.15, -0.1) is 0 Å². The van der Waals surface area contributed by atoms with Crippen LogP contribution < -0.4 is 14.8 Å². The molecule has 25 heavy (non-hydrogen) atoms. The van der Waals surface area contributed by atoms with Gasteiger partial charge in [0, 0.05) is 22.3 Å². The number of benzene rings is 2. The van der Waals surface area contributed by atoms with E-state index in [9.17, 15) is 9.90 Å². The van der Waals surface area contributed by atoms with Crippen molar-refractivity contribution >= 4 is 27.6 Å². The number of anilines is 1. The topological polar surface area (TPSA) is 67.8 Å². The summed E-state index contributed by atoms with van der Waals surface area (Å²) in [4.78, 5) is 11.3. The molecular formula is C19H22BrNO4. The second-order valence-corrected chi connectivity index (χ2v) is 6.72. The van der Waals surface area contributed by atoms with Gasteiger partial charge in [-0.25, -0.2) is 4.79 Å². The maximum Gasteiger partial charge on any atom is 0.336 e. The third-order valence-corrected chi connectivity index (χ3v) is 4.50. The van der Waals surface area contributed by atoms with Gasteiger partial charge in [0.15, 0.2) is 11.5 Å². The second kappa shape index (κ2) is 8.25. The van der Waals surface area contributed by atoms with Crippen molar-refractivity contribution in [1.82, 2.24) is 0 Å². The van der Waals surface area contributed by atoms with Crippen LogP contribution in [0.15, 0.2) is 34.8 Å². The third kappa shape index (κ3) is 4.45. The highest BCUT2D eigenvalue weighted by Crippen LogP contribution is 2.37. The molecule has 0 atom stereocenters. The van der Waals surface area contributed by atoms with Crippen LogP contribution in [0.2, 0.25) is 0 Å². The number of rotatable bonds is 7. The molecule has 0 radical (unpaired) electrons. The van der Waals surface area contributed by atoms with Gasteiger partial charge < -0.3 is 19.9 Å². The Morgan fingerprint density at radius 3 is 2.60 bits per heavy atom. The molecular weight excluding hydrogens is 386 g/mol. The predicted octanol–water partition coefficient (Wildman–Crippen LogP) is 4.86. The molecule has 0 saturated heterocycles. The van der Waals surface area contributed by atoms with E-state index >= 15 is 0 Å². The van der Waals surface area contributed by atoms with Gasteiger partial charge in [0.2, 0.25) is 0 Å². The van der Waals surface area contributed by atoms with Crippen molar-refractivity contribution in [2.45, 2.75) is 33.4 Å². The maximum absolute atomic E-state index is 11.3. The van der Waals surface area contributed by atoms with E-state index < -0.39 is 5.97 Å². The standard InChI is InChI=1S/C19H22BrNO4/c1-11(2)25-18-14(15(20)8-9-17(18)24-4)10-21-16-7-5-6-13(12(16)3)19(22)23/h5-9,11,21H,10H2,1-4H3,(H,22,23). The van der Waals surface area contributed by atoms with Gasteiger partial charge in [0.1, 0.15) is 0 Å². The highest BCUT2D eigenvalue weighted by atomic mass is 79.9. The zero-order chi connectivity index (χ0) is 18.6. The van der Waals surface area contributed by atoms with Gasteiger partial charge in [-0.05, 0) is 50.6 Å². The molecule has 2 aromatic rings. The minimum Gasteiger partial charge on any atom is -0.493 e. The lowest BCUT2D eigenvalue weighted by molar-refractivity contribution is 0.0696. The highest BCUT2D eigenvalue weighted by molar-refractivity contribution is 9.10. The number of halogens is 1. The monoisotopic (exact) mass is 407 g/mol. The van der Waals surface area contributed by atoms with E-state index in [1.165, 1.54) is 0 Å². The van der Waals surface area contributed by atoms with Gasteiger partial charge in [-0.3, -0.25) is 0 Å². The summed E-state index contributed by atoms with van der Waals surface area (Å²) >= 11 is 3.56. The first-order valence-electron chi connectivity index (χ1n) is 7.94. The molecule has 0 unspecified atom stereocenters. The minimum atomic E-state index is -0.937. The second-order valence-electron chi connectivity index (χ2n) is 5.86. The Bertz CT molecular complexity index is 774. The average Bonchev–Trinajstić information content (AvgIpc) is 2.55. The molecule has 0 spiro atoms. The first-order valence-corrected chi connectivity index (χ1v) is 8.73. The van der Waals surface area contributed by atoms with Crippen LogP contribution in [0.5, 0.6) is 11.5 Å². The van der Waals surface area contributed by atoms with Gasteiger partial charge >= 0.3 is 5.97 Å². The summed E-state index contributed by atoms with van der Waals surface area (Å²) in [5, 5.41) is 12.6. The summed E-state index contributed by atoms with van der Waals surface area (Å²) in [5.74, 6) is 0.392. The van der Waals surface area contributed by atoms with E-state index in [1.54, 1.807) is 26.2 Å². The molecule has 6 heteroatoms. The highest BCUT2D eigenvalue weighted by Gasteiger charge is 2.17. The molecule has 0 aromatic heterocycles. The molecule has 0 heterocycles. The molecule has 2 rings (SSSR count). The third-order valence-electron chi connectivity index (χ3n) is 3.76. The SMILES string of the molecule is COc1ccc(Br)c(CNc2cccc(C(=O)O)c2C)c1OC(C)C. The molecule has 134 valence electrons. The van der Waals surface area contributed by atoms with Gasteiger partial charge in [0.05, 0.1) is 18.8 Å². The summed E-state index contributed by atoms with van der Waals surface area (Å²) in [6.45, 7) is 6.16. The average molecular weight is 408 g/mol. The van der Waals surface area contributed by atoms with Crippen molar-refractivity contribution in [3.8, 4) is 11.5 Å². The fraction of sp³-hybridized carbons (Fsp3) is 0.316. The molecule has 2 aromatic carbocycles. The summed E-state index contributed by atoms with van der Waals surface area (Å²) < 4.78 is 12.2. The molecule has 2 N–H and O–H groups in total. The van der Waals surface area contributed by atoms with E-state index in [1.807, 2.05) is 32.0 Å². The largest absolute Gasteiger partial charge is 0.493 e. The van der Waals surface area contributed by atoms with Crippen molar-refractivity contribution in [1.29, 1.82) is 0 Å². The number of ether oxygens (including phenoxy) is 2. The first-order chi connectivity index (χ1) is 11.8. The maximum atomic E-state index is 11.3. The molecule has 0 bridgehead atoms. The van der Waals surface area contributed by atoms with E-state index in [2.05, 4.69) is 21.2 Å². The van der Waals surface area contributed by atoms with Crippen LogP contribution in [0.3, 0.4) is 0 Å². The van der Waals surface area contributed by atoms with Crippen LogP contribution >= 0.6 is 15.9 Å². The van der Waals surface area contributed by atoms with Crippen molar-refractivity contribution in [3.63, 3.8) is 0 Å². The molecule has 0 saturated carbocycles. The molecule has 0 amide bonds. The molecule has 5 nitrogen and oxygen atoms in total. The van der Waals surface area contributed by atoms with Crippen molar-refractivity contribution in [2.24, 2.45) is 0 Å². The molecule has 0 fully saturated rings. The van der Waals surface area contributed by atoms with E-state index in [0.29, 0.717) is 23.6 Å². The van der Waals surface area contributed by atoms with Crippen LogP contribution in [-0.2, 0) is 6.54 Å². The Labute approximate surface area is 156 Å². The smallest absolute Gasteiger partial charge is 0.336 e. The van der Waals surface area contributed by atoms with Gasteiger partial charge in [-0.1, -0.05) is 22.0 Å². The Kier molecular flexibility index (Phi) is 6.31. The van der Waals surface area contributed by atoms with E-state index in [4.69, 9.17) is 9.47 Å². The number of carbonyl (C=O) groups is 1. The summed E-state index contributed by atoms with van der Waals surface area (Å²) in [7, 11) is 1.61.